The van der Waals surface area contributed by atoms with Crippen LogP contribution in [0.15, 0.2) is 0 Å². The van der Waals surface area contributed by atoms with Gasteiger partial charge in [-0.2, -0.15) is 0 Å². The minimum atomic E-state index is 0.615. The predicted molar refractivity (Wildman–Crippen MR) is 85.4 cm³/mol. The van der Waals surface area contributed by atoms with Crippen molar-refractivity contribution in [2.24, 2.45) is 5.41 Å². The van der Waals surface area contributed by atoms with Crippen molar-refractivity contribution in [2.75, 3.05) is 46.8 Å². The Morgan fingerprint density at radius 2 is 1.47 bits per heavy atom. The monoisotopic (exact) mass is 269 g/mol. The van der Waals surface area contributed by atoms with E-state index in [2.05, 4.69) is 39.8 Å². The average Bonchev–Trinajstić information content (AvgIpc) is 2.33. The maximum Gasteiger partial charge on any atom is 0.0782 e. The van der Waals surface area contributed by atoms with Gasteiger partial charge in [-0.05, 0) is 63.6 Å². The molecule has 2 heterocycles. The molecule has 0 spiro atoms. The molecule has 2 aliphatic rings. The lowest BCUT2D eigenvalue weighted by molar-refractivity contribution is -0.894. The zero-order chi connectivity index (χ0) is 14.4. The largest absolute Gasteiger partial charge is 0.328 e. The van der Waals surface area contributed by atoms with Crippen molar-refractivity contribution in [1.29, 1.82) is 0 Å². The topological polar surface area (TPSA) is 3.24 Å². The fourth-order valence-corrected chi connectivity index (χ4v) is 3.07. The Morgan fingerprint density at radius 3 is 1.84 bits per heavy atom. The van der Waals surface area contributed by atoms with E-state index in [-0.39, 0.29) is 0 Å². The lowest BCUT2D eigenvalue weighted by Crippen LogP contribution is -2.43. The molecule has 2 heteroatoms. The first-order chi connectivity index (χ1) is 8.85. The third-order valence-electron chi connectivity index (χ3n) is 4.78. The zero-order valence-corrected chi connectivity index (χ0v) is 14.2. The van der Waals surface area contributed by atoms with Gasteiger partial charge < -0.3 is 9.38 Å². The van der Waals surface area contributed by atoms with Crippen LogP contribution >= 0.6 is 0 Å². The predicted octanol–water partition coefficient (Wildman–Crippen LogP) is 3.77. The van der Waals surface area contributed by atoms with Crippen LogP contribution in [-0.2, 0) is 0 Å². The maximum absolute atomic E-state index is 2.59. The summed E-state index contributed by atoms with van der Waals surface area (Å²) in [6, 6.07) is 0. The lowest BCUT2D eigenvalue weighted by atomic mass is 9.83. The molecule has 19 heavy (non-hydrogen) atoms. The van der Waals surface area contributed by atoms with Crippen LogP contribution in [-0.4, -0.2) is 56.2 Å². The Bertz CT molecular complexity index is 228. The fraction of sp³-hybridized carbons (Fsp3) is 1.00. The summed E-state index contributed by atoms with van der Waals surface area (Å²) in [5.41, 5.74) is 0.615. The number of quaternary nitrogens is 1. The van der Waals surface area contributed by atoms with Gasteiger partial charge in [0.15, 0.2) is 0 Å². The van der Waals surface area contributed by atoms with Crippen LogP contribution in [0.4, 0.5) is 0 Å². The van der Waals surface area contributed by atoms with E-state index in [0.717, 1.165) is 0 Å². The first-order valence-electron chi connectivity index (χ1n) is 8.39. The molecule has 2 nitrogen and oxygen atoms in total. The summed E-state index contributed by atoms with van der Waals surface area (Å²) in [7, 11) is 4.64. The highest BCUT2D eigenvalue weighted by Crippen LogP contribution is 2.29. The molecule has 2 rings (SSSR count). The van der Waals surface area contributed by atoms with Crippen LogP contribution in [0.2, 0.25) is 0 Å². The summed E-state index contributed by atoms with van der Waals surface area (Å²) in [5, 5.41) is 0. The third-order valence-corrected chi connectivity index (χ3v) is 4.78. The van der Waals surface area contributed by atoms with Crippen LogP contribution in [0.25, 0.3) is 0 Å². The highest BCUT2D eigenvalue weighted by Gasteiger charge is 2.24. The second-order valence-electron chi connectivity index (χ2n) is 7.95. The molecule has 2 saturated heterocycles. The molecule has 0 aliphatic carbocycles. The average molecular weight is 269 g/mol. The van der Waals surface area contributed by atoms with Crippen molar-refractivity contribution in [3.63, 3.8) is 0 Å². The molecule has 0 saturated carbocycles. The summed E-state index contributed by atoms with van der Waals surface area (Å²) in [5.74, 6) is 0. The highest BCUT2D eigenvalue weighted by atomic mass is 15.3. The number of hydrogen-bond donors (Lipinski definition) is 0. The smallest absolute Gasteiger partial charge is 0.0782 e. The first kappa shape index (κ1) is 17.0. The van der Waals surface area contributed by atoms with Crippen LogP contribution in [0.1, 0.15) is 59.3 Å². The van der Waals surface area contributed by atoms with Gasteiger partial charge in [0, 0.05) is 0 Å². The second-order valence-corrected chi connectivity index (χ2v) is 7.95. The molecule has 0 N–H and O–H groups in total. The molecule has 0 radical (unpaired) electrons. The van der Waals surface area contributed by atoms with Gasteiger partial charge in [-0.1, -0.05) is 20.8 Å². The minimum absolute atomic E-state index is 0.615. The summed E-state index contributed by atoms with van der Waals surface area (Å²) in [6.45, 7) is 13.8. The first-order valence-corrected chi connectivity index (χ1v) is 8.39. The van der Waals surface area contributed by atoms with Crippen LogP contribution < -0.4 is 0 Å². The normalized spacial score (nSPS) is 26.4. The van der Waals surface area contributed by atoms with Crippen LogP contribution in [0.5, 0.6) is 0 Å². The summed E-state index contributed by atoms with van der Waals surface area (Å²) in [4.78, 5) is 2.59. The summed E-state index contributed by atoms with van der Waals surface area (Å²) < 4.78 is 1.25. The van der Waals surface area contributed by atoms with Gasteiger partial charge in [0.2, 0.25) is 0 Å². The Hall–Kier alpha value is -0.0800. The minimum Gasteiger partial charge on any atom is -0.328 e. The molecular weight excluding hydrogens is 232 g/mol. The number of rotatable bonds is 2. The van der Waals surface area contributed by atoms with E-state index in [1.165, 1.54) is 75.7 Å². The number of piperidine rings is 2. The Balaban J connectivity index is 0.000000200. The van der Waals surface area contributed by atoms with Crippen molar-refractivity contribution in [1.82, 2.24) is 4.90 Å². The van der Waals surface area contributed by atoms with Crippen molar-refractivity contribution in [2.45, 2.75) is 59.3 Å². The van der Waals surface area contributed by atoms with Crippen molar-refractivity contribution < 1.29 is 4.48 Å². The number of likely N-dealkylation sites (tertiary alicyclic amines) is 2. The maximum atomic E-state index is 2.59. The van der Waals surface area contributed by atoms with Gasteiger partial charge in [-0.3, -0.25) is 0 Å². The van der Waals surface area contributed by atoms with E-state index in [9.17, 15) is 0 Å². The molecule has 114 valence electrons. The van der Waals surface area contributed by atoms with Gasteiger partial charge in [0.25, 0.3) is 0 Å². The molecule has 0 amide bonds. The van der Waals surface area contributed by atoms with E-state index < -0.39 is 0 Å². The summed E-state index contributed by atoms with van der Waals surface area (Å²) >= 11 is 0. The Labute approximate surface area is 121 Å². The number of hydrogen-bond acceptors (Lipinski definition) is 1. The Morgan fingerprint density at radius 1 is 0.947 bits per heavy atom. The molecular formula is C17H37N2+. The molecule has 0 aromatic rings. The van der Waals surface area contributed by atoms with E-state index >= 15 is 0 Å². The molecule has 2 aliphatic heterocycles. The fourth-order valence-electron chi connectivity index (χ4n) is 3.07. The van der Waals surface area contributed by atoms with Gasteiger partial charge in [0.05, 0.1) is 27.2 Å². The van der Waals surface area contributed by atoms with Crippen molar-refractivity contribution in [3.05, 3.63) is 0 Å². The Kier molecular flexibility index (Phi) is 6.82. The van der Waals surface area contributed by atoms with Gasteiger partial charge in [0.1, 0.15) is 0 Å². The van der Waals surface area contributed by atoms with E-state index in [4.69, 9.17) is 0 Å². The molecule has 0 bridgehead atoms. The molecule has 2 fully saturated rings. The molecule has 0 aromatic heterocycles. The van der Waals surface area contributed by atoms with Gasteiger partial charge in [-0.15, -0.1) is 0 Å². The van der Waals surface area contributed by atoms with E-state index in [1.807, 2.05) is 0 Å². The van der Waals surface area contributed by atoms with E-state index in [1.54, 1.807) is 0 Å². The lowest BCUT2D eigenvalue weighted by Gasteiger charge is -2.36. The van der Waals surface area contributed by atoms with Crippen molar-refractivity contribution >= 4 is 0 Å². The zero-order valence-electron chi connectivity index (χ0n) is 14.2. The third kappa shape index (κ3) is 7.31. The van der Waals surface area contributed by atoms with E-state index in [0.29, 0.717) is 5.41 Å². The van der Waals surface area contributed by atoms with Crippen LogP contribution in [0, 0.1) is 5.41 Å². The van der Waals surface area contributed by atoms with Gasteiger partial charge in [-0.25, -0.2) is 0 Å². The summed E-state index contributed by atoms with van der Waals surface area (Å²) in [6.07, 6.45) is 8.40. The quantitative estimate of drug-likeness (QED) is 0.690. The van der Waals surface area contributed by atoms with Crippen LogP contribution in [0.3, 0.4) is 0 Å². The molecule has 0 atom stereocenters. The second kappa shape index (κ2) is 7.64. The standard InChI is InChI=1S/C10H21N.C7H16N/c1-4-7-11-8-5-10(2,3)6-9-11;1-8(2)6-4-3-5-7-8/h4-9H2,1-3H3;3-7H2,1-2H3/q;+1. The molecule has 0 unspecified atom stereocenters. The van der Waals surface area contributed by atoms with Crippen molar-refractivity contribution in [3.8, 4) is 0 Å². The highest BCUT2D eigenvalue weighted by molar-refractivity contribution is 4.77. The number of nitrogens with zero attached hydrogens (tertiary/aromatic N) is 2. The molecule has 0 aromatic carbocycles. The van der Waals surface area contributed by atoms with Gasteiger partial charge >= 0.3 is 0 Å². The SMILES string of the molecule is CCCN1CCC(C)(C)CC1.C[N+]1(C)CCCCC1.